The highest BCUT2D eigenvalue weighted by molar-refractivity contribution is 5.82. The van der Waals surface area contributed by atoms with Crippen LogP contribution in [0.15, 0.2) is 30.3 Å². The van der Waals surface area contributed by atoms with E-state index in [2.05, 4.69) is 54.1 Å². The number of hydrogen-bond acceptors (Lipinski definition) is 3. The SMILES string of the molecule is Cc1cc(CN2CCC(C(C)N)C2)c2ccccc2n1. The summed E-state index contributed by atoms with van der Waals surface area (Å²) in [6, 6.07) is 11.0. The van der Waals surface area contributed by atoms with E-state index in [-0.39, 0.29) is 0 Å². The molecule has 2 atom stereocenters. The maximum atomic E-state index is 6.03. The Morgan fingerprint density at radius 1 is 1.40 bits per heavy atom. The monoisotopic (exact) mass is 269 g/mol. The smallest absolute Gasteiger partial charge is 0.0708 e. The van der Waals surface area contributed by atoms with Crippen LogP contribution in [-0.2, 0) is 6.54 Å². The Morgan fingerprint density at radius 2 is 2.20 bits per heavy atom. The minimum absolute atomic E-state index is 0.302. The molecule has 2 heterocycles. The maximum absolute atomic E-state index is 6.03. The molecule has 1 saturated heterocycles. The van der Waals surface area contributed by atoms with Crippen molar-refractivity contribution in [3.8, 4) is 0 Å². The standard InChI is InChI=1S/C17H23N3/c1-12-9-15(16-5-3-4-6-17(16)19-12)11-20-8-7-14(10-20)13(2)18/h3-6,9,13-14H,7-8,10-11,18H2,1-2H3. The van der Waals surface area contributed by atoms with Gasteiger partial charge in [-0.2, -0.15) is 0 Å². The summed E-state index contributed by atoms with van der Waals surface area (Å²) in [4.78, 5) is 7.14. The van der Waals surface area contributed by atoms with Gasteiger partial charge in [-0.25, -0.2) is 0 Å². The second-order valence-electron chi connectivity index (χ2n) is 6.08. The van der Waals surface area contributed by atoms with Crippen LogP contribution < -0.4 is 5.73 Å². The van der Waals surface area contributed by atoms with Crippen LogP contribution in [0.3, 0.4) is 0 Å². The first-order chi connectivity index (χ1) is 9.63. The number of likely N-dealkylation sites (tertiary alicyclic amines) is 1. The Bertz CT molecular complexity index is 606. The van der Waals surface area contributed by atoms with E-state index in [1.54, 1.807) is 0 Å². The van der Waals surface area contributed by atoms with Crippen molar-refractivity contribution >= 4 is 10.9 Å². The molecule has 0 spiro atoms. The average molecular weight is 269 g/mol. The molecular formula is C17H23N3. The molecule has 1 aliphatic heterocycles. The van der Waals surface area contributed by atoms with Gasteiger partial charge in [0.1, 0.15) is 0 Å². The fourth-order valence-corrected chi connectivity index (χ4v) is 3.20. The zero-order valence-corrected chi connectivity index (χ0v) is 12.3. The summed E-state index contributed by atoms with van der Waals surface area (Å²) in [6.07, 6.45) is 1.22. The first-order valence-electron chi connectivity index (χ1n) is 7.46. The zero-order valence-electron chi connectivity index (χ0n) is 12.3. The zero-order chi connectivity index (χ0) is 14.1. The van der Waals surface area contributed by atoms with Crippen molar-refractivity contribution in [1.29, 1.82) is 0 Å². The van der Waals surface area contributed by atoms with E-state index in [1.165, 1.54) is 17.4 Å². The molecule has 3 heteroatoms. The third-order valence-electron chi connectivity index (χ3n) is 4.38. The Morgan fingerprint density at radius 3 is 2.95 bits per heavy atom. The van der Waals surface area contributed by atoms with Gasteiger partial charge in [0.05, 0.1) is 5.52 Å². The molecule has 20 heavy (non-hydrogen) atoms. The summed E-state index contributed by atoms with van der Waals surface area (Å²) >= 11 is 0. The van der Waals surface area contributed by atoms with Crippen LogP contribution in [0, 0.1) is 12.8 Å². The van der Waals surface area contributed by atoms with Gasteiger partial charge in [-0.1, -0.05) is 18.2 Å². The summed E-state index contributed by atoms with van der Waals surface area (Å²) in [5, 5.41) is 1.28. The molecule has 1 aliphatic rings. The van der Waals surface area contributed by atoms with Crippen molar-refractivity contribution in [2.45, 2.75) is 32.9 Å². The lowest BCUT2D eigenvalue weighted by atomic mass is 10.0. The number of aryl methyl sites for hydroxylation is 1. The highest BCUT2D eigenvalue weighted by Gasteiger charge is 2.25. The van der Waals surface area contributed by atoms with Gasteiger partial charge in [-0.15, -0.1) is 0 Å². The fraction of sp³-hybridized carbons (Fsp3) is 0.471. The maximum Gasteiger partial charge on any atom is 0.0708 e. The van der Waals surface area contributed by atoms with Gasteiger partial charge < -0.3 is 5.73 Å². The predicted molar refractivity (Wildman–Crippen MR) is 83.5 cm³/mol. The van der Waals surface area contributed by atoms with Crippen molar-refractivity contribution < 1.29 is 0 Å². The van der Waals surface area contributed by atoms with Crippen LogP contribution in [0.2, 0.25) is 0 Å². The molecule has 0 saturated carbocycles. The fourth-order valence-electron chi connectivity index (χ4n) is 3.20. The van der Waals surface area contributed by atoms with E-state index in [9.17, 15) is 0 Å². The minimum atomic E-state index is 0.302. The molecule has 1 aromatic heterocycles. The van der Waals surface area contributed by atoms with E-state index >= 15 is 0 Å². The molecule has 1 fully saturated rings. The molecule has 2 N–H and O–H groups in total. The largest absolute Gasteiger partial charge is 0.328 e. The summed E-state index contributed by atoms with van der Waals surface area (Å²) in [5.41, 5.74) is 9.62. The summed E-state index contributed by atoms with van der Waals surface area (Å²) < 4.78 is 0. The minimum Gasteiger partial charge on any atom is -0.328 e. The van der Waals surface area contributed by atoms with Gasteiger partial charge in [0, 0.05) is 30.2 Å². The molecule has 0 amide bonds. The first kappa shape index (κ1) is 13.5. The average Bonchev–Trinajstić information content (AvgIpc) is 2.87. The number of rotatable bonds is 3. The molecule has 0 aliphatic carbocycles. The van der Waals surface area contributed by atoms with Crippen LogP contribution in [-0.4, -0.2) is 29.0 Å². The topological polar surface area (TPSA) is 42.1 Å². The third-order valence-corrected chi connectivity index (χ3v) is 4.38. The van der Waals surface area contributed by atoms with Crippen LogP contribution in [0.4, 0.5) is 0 Å². The van der Waals surface area contributed by atoms with Crippen LogP contribution in [0.25, 0.3) is 10.9 Å². The van der Waals surface area contributed by atoms with E-state index in [4.69, 9.17) is 5.73 Å². The van der Waals surface area contributed by atoms with Crippen molar-refractivity contribution in [2.75, 3.05) is 13.1 Å². The van der Waals surface area contributed by atoms with Crippen LogP contribution in [0.1, 0.15) is 24.6 Å². The summed E-state index contributed by atoms with van der Waals surface area (Å²) in [5.74, 6) is 0.643. The Balaban J connectivity index is 1.84. The van der Waals surface area contributed by atoms with E-state index in [0.717, 1.165) is 30.8 Å². The van der Waals surface area contributed by atoms with Crippen molar-refractivity contribution in [3.05, 3.63) is 41.6 Å². The Hall–Kier alpha value is -1.45. The molecule has 1 aromatic carbocycles. The number of nitrogens with zero attached hydrogens (tertiary/aromatic N) is 2. The highest BCUT2D eigenvalue weighted by atomic mass is 15.1. The number of fused-ring (bicyclic) bond motifs is 1. The molecule has 3 rings (SSSR count). The second-order valence-corrected chi connectivity index (χ2v) is 6.08. The Labute approximate surface area is 120 Å². The van der Waals surface area contributed by atoms with Gasteiger partial charge >= 0.3 is 0 Å². The molecule has 2 unspecified atom stereocenters. The van der Waals surface area contributed by atoms with Gasteiger partial charge in [-0.05, 0) is 50.4 Å². The lowest BCUT2D eigenvalue weighted by Crippen LogP contribution is -2.29. The molecular weight excluding hydrogens is 246 g/mol. The van der Waals surface area contributed by atoms with Gasteiger partial charge in [-0.3, -0.25) is 9.88 Å². The van der Waals surface area contributed by atoms with Crippen molar-refractivity contribution in [3.63, 3.8) is 0 Å². The Kier molecular flexibility index (Phi) is 3.72. The second kappa shape index (κ2) is 5.51. The summed E-state index contributed by atoms with van der Waals surface area (Å²) in [7, 11) is 0. The highest BCUT2D eigenvalue weighted by Crippen LogP contribution is 2.24. The first-order valence-corrected chi connectivity index (χ1v) is 7.46. The van der Waals surface area contributed by atoms with Crippen LogP contribution >= 0.6 is 0 Å². The lowest BCUT2D eigenvalue weighted by molar-refractivity contribution is 0.309. The lowest BCUT2D eigenvalue weighted by Gasteiger charge is -2.19. The van der Waals surface area contributed by atoms with Crippen molar-refractivity contribution in [1.82, 2.24) is 9.88 Å². The number of pyridine rings is 1. The quantitative estimate of drug-likeness (QED) is 0.931. The van der Waals surface area contributed by atoms with E-state index < -0.39 is 0 Å². The number of aromatic nitrogens is 1. The summed E-state index contributed by atoms with van der Waals surface area (Å²) in [6.45, 7) is 7.48. The normalized spacial score (nSPS) is 21.4. The number of benzene rings is 1. The molecule has 0 radical (unpaired) electrons. The van der Waals surface area contributed by atoms with Crippen LogP contribution in [0.5, 0.6) is 0 Å². The van der Waals surface area contributed by atoms with E-state index in [0.29, 0.717) is 12.0 Å². The van der Waals surface area contributed by atoms with Gasteiger partial charge in [0.15, 0.2) is 0 Å². The third kappa shape index (κ3) is 2.69. The number of nitrogens with two attached hydrogens (primary N) is 1. The predicted octanol–water partition coefficient (Wildman–Crippen LogP) is 2.71. The molecule has 2 aromatic rings. The molecule has 0 bridgehead atoms. The van der Waals surface area contributed by atoms with Gasteiger partial charge in [0.2, 0.25) is 0 Å². The number of hydrogen-bond donors (Lipinski definition) is 1. The number of para-hydroxylation sites is 1. The molecule has 106 valence electrons. The van der Waals surface area contributed by atoms with E-state index in [1.807, 2.05) is 0 Å². The van der Waals surface area contributed by atoms with Gasteiger partial charge in [0.25, 0.3) is 0 Å². The van der Waals surface area contributed by atoms with Crippen molar-refractivity contribution in [2.24, 2.45) is 11.7 Å². The molecule has 3 nitrogen and oxygen atoms in total.